The van der Waals surface area contributed by atoms with Crippen LogP contribution in [0.3, 0.4) is 0 Å². The molecule has 2 aromatic rings. The van der Waals surface area contributed by atoms with Crippen molar-refractivity contribution in [3.63, 3.8) is 0 Å². The highest BCUT2D eigenvalue weighted by Gasteiger charge is 2.04. The minimum Gasteiger partial charge on any atom is -0.494 e. The van der Waals surface area contributed by atoms with Crippen LogP contribution in [0.5, 0.6) is 5.75 Å². The van der Waals surface area contributed by atoms with Crippen LogP contribution in [0.4, 0.5) is 0 Å². The molecule has 2 rings (SSSR count). The Kier molecular flexibility index (Phi) is 11.6. The van der Waals surface area contributed by atoms with Crippen molar-refractivity contribution in [2.24, 2.45) is 4.99 Å². The van der Waals surface area contributed by atoms with Crippen molar-refractivity contribution in [1.82, 2.24) is 20.9 Å². The van der Waals surface area contributed by atoms with Gasteiger partial charge in [-0.25, -0.2) is 0 Å². The van der Waals surface area contributed by atoms with Crippen molar-refractivity contribution in [2.75, 3.05) is 33.3 Å². The standard InChI is InChI=1S/C19H25N5O2.HI/c1-20-19(23-11-6-14-26-17-8-3-2-4-9-17)24-13-12-22-18(25)16-7-5-10-21-15-16;/h2-5,7-10,15H,6,11-14H2,1H3,(H,22,25)(H2,20,23,24);1H. The lowest BCUT2D eigenvalue weighted by Gasteiger charge is -2.12. The molecule has 7 nitrogen and oxygen atoms in total. The predicted octanol–water partition coefficient (Wildman–Crippen LogP) is 2.06. The van der Waals surface area contributed by atoms with Gasteiger partial charge < -0.3 is 20.7 Å². The summed E-state index contributed by atoms with van der Waals surface area (Å²) in [6, 6.07) is 13.2. The molecule has 0 atom stereocenters. The zero-order valence-electron chi connectivity index (χ0n) is 15.4. The molecule has 1 heterocycles. The van der Waals surface area contributed by atoms with Crippen LogP contribution in [-0.2, 0) is 0 Å². The number of pyridine rings is 1. The second-order valence-corrected chi connectivity index (χ2v) is 5.44. The molecule has 0 fully saturated rings. The number of hydrogen-bond acceptors (Lipinski definition) is 4. The van der Waals surface area contributed by atoms with E-state index in [1.54, 1.807) is 31.6 Å². The number of nitrogens with one attached hydrogen (secondary N) is 3. The Morgan fingerprint density at radius 3 is 2.48 bits per heavy atom. The highest BCUT2D eigenvalue weighted by Crippen LogP contribution is 2.07. The minimum atomic E-state index is -0.138. The van der Waals surface area contributed by atoms with Gasteiger partial charge in [0.05, 0.1) is 12.2 Å². The van der Waals surface area contributed by atoms with Crippen LogP contribution in [-0.4, -0.2) is 50.1 Å². The van der Waals surface area contributed by atoms with Crippen LogP contribution < -0.4 is 20.7 Å². The predicted molar refractivity (Wildman–Crippen MR) is 118 cm³/mol. The summed E-state index contributed by atoms with van der Waals surface area (Å²) in [4.78, 5) is 20.0. The lowest BCUT2D eigenvalue weighted by molar-refractivity contribution is 0.0954. The Morgan fingerprint density at radius 1 is 1.04 bits per heavy atom. The average Bonchev–Trinajstić information content (AvgIpc) is 2.70. The lowest BCUT2D eigenvalue weighted by Crippen LogP contribution is -2.42. The Morgan fingerprint density at radius 2 is 1.78 bits per heavy atom. The molecule has 3 N–H and O–H groups in total. The molecule has 8 heteroatoms. The number of hydrogen-bond donors (Lipinski definition) is 3. The number of aliphatic imine (C=N–C) groups is 1. The maximum Gasteiger partial charge on any atom is 0.252 e. The van der Waals surface area contributed by atoms with Crippen LogP contribution in [0.15, 0.2) is 59.9 Å². The zero-order chi connectivity index (χ0) is 18.5. The third-order valence-corrected chi connectivity index (χ3v) is 3.48. The molecule has 0 saturated heterocycles. The van der Waals surface area contributed by atoms with E-state index in [0.29, 0.717) is 31.2 Å². The number of amides is 1. The van der Waals surface area contributed by atoms with Gasteiger partial charge in [0, 0.05) is 39.1 Å². The molecule has 146 valence electrons. The first kappa shape index (κ1) is 22.7. The first-order valence-corrected chi connectivity index (χ1v) is 8.60. The summed E-state index contributed by atoms with van der Waals surface area (Å²) >= 11 is 0. The van der Waals surface area contributed by atoms with Gasteiger partial charge in [0.2, 0.25) is 0 Å². The van der Waals surface area contributed by atoms with Crippen molar-refractivity contribution < 1.29 is 9.53 Å². The van der Waals surface area contributed by atoms with E-state index in [-0.39, 0.29) is 29.9 Å². The molecule has 1 aromatic carbocycles. The Hall–Kier alpha value is -2.36. The monoisotopic (exact) mass is 483 g/mol. The number of para-hydroxylation sites is 1. The Labute approximate surface area is 177 Å². The fraction of sp³-hybridized carbons (Fsp3) is 0.316. The topological polar surface area (TPSA) is 87.6 Å². The van der Waals surface area contributed by atoms with E-state index in [0.717, 1.165) is 18.7 Å². The quantitative estimate of drug-likeness (QED) is 0.220. The molecule has 0 aliphatic carbocycles. The van der Waals surface area contributed by atoms with Crippen LogP contribution in [0.1, 0.15) is 16.8 Å². The number of rotatable bonds is 9. The molecular weight excluding hydrogens is 457 g/mol. The number of ether oxygens (including phenoxy) is 1. The Bertz CT molecular complexity index is 683. The maximum absolute atomic E-state index is 11.9. The summed E-state index contributed by atoms with van der Waals surface area (Å²) in [6.07, 6.45) is 4.03. The number of carbonyl (C=O) groups is 1. The molecule has 0 saturated carbocycles. The second-order valence-electron chi connectivity index (χ2n) is 5.44. The van der Waals surface area contributed by atoms with Gasteiger partial charge in [-0.05, 0) is 30.7 Å². The number of guanidine groups is 1. The Balaban J connectivity index is 0.00000364. The van der Waals surface area contributed by atoms with Gasteiger partial charge in [-0.1, -0.05) is 18.2 Å². The highest BCUT2D eigenvalue weighted by molar-refractivity contribution is 14.0. The normalized spacial score (nSPS) is 10.5. The molecule has 0 radical (unpaired) electrons. The van der Waals surface area contributed by atoms with Gasteiger partial charge in [0.1, 0.15) is 5.75 Å². The number of nitrogens with zero attached hydrogens (tertiary/aromatic N) is 2. The lowest BCUT2D eigenvalue weighted by atomic mass is 10.3. The summed E-state index contributed by atoms with van der Waals surface area (Å²) in [7, 11) is 1.71. The summed E-state index contributed by atoms with van der Waals surface area (Å²) < 4.78 is 5.64. The summed E-state index contributed by atoms with van der Waals surface area (Å²) in [6.45, 7) is 2.45. The molecule has 0 unspecified atom stereocenters. The van der Waals surface area contributed by atoms with E-state index < -0.39 is 0 Å². The number of aromatic nitrogens is 1. The zero-order valence-corrected chi connectivity index (χ0v) is 17.7. The van der Waals surface area contributed by atoms with E-state index in [2.05, 4.69) is 25.9 Å². The van der Waals surface area contributed by atoms with Crippen LogP contribution in [0.2, 0.25) is 0 Å². The number of halogens is 1. The average molecular weight is 483 g/mol. The molecule has 0 aliphatic heterocycles. The van der Waals surface area contributed by atoms with E-state index in [1.807, 2.05) is 30.3 Å². The van der Waals surface area contributed by atoms with Crippen molar-refractivity contribution in [3.8, 4) is 5.75 Å². The van der Waals surface area contributed by atoms with Crippen LogP contribution in [0.25, 0.3) is 0 Å². The van der Waals surface area contributed by atoms with Gasteiger partial charge in [-0.15, -0.1) is 24.0 Å². The van der Waals surface area contributed by atoms with E-state index in [1.165, 1.54) is 0 Å². The first-order valence-electron chi connectivity index (χ1n) is 8.60. The molecule has 0 bridgehead atoms. The van der Waals surface area contributed by atoms with Gasteiger partial charge in [0.25, 0.3) is 5.91 Å². The summed E-state index contributed by atoms with van der Waals surface area (Å²) in [5, 5.41) is 9.19. The van der Waals surface area contributed by atoms with Crippen molar-refractivity contribution in [3.05, 3.63) is 60.4 Å². The van der Waals surface area contributed by atoms with E-state index in [9.17, 15) is 4.79 Å². The van der Waals surface area contributed by atoms with Crippen molar-refractivity contribution in [1.29, 1.82) is 0 Å². The first-order chi connectivity index (χ1) is 12.8. The number of carbonyl (C=O) groups excluding carboxylic acids is 1. The van der Waals surface area contributed by atoms with Crippen molar-refractivity contribution in [2.45, 2.75) is 6.42 Å². The fourth-order valence-electron chi connectivity index (χ4n) is 2.16. The van der Waals surface area contributed by atoms with E-state index >= 15 is 0 Å². The van der Waals surface area contributed by atoms with Gasteiger partial charge >= 0.3 is 0 Å². The molecule has 0 aliphatic rings. The molecule has 1 aromatic heterocycles. The molecule has 27 heavy (non-hydrogen) atoms. The fourth-order valence-corrected chi connectivity index (χ4v) is 2.16. The third kappa shape index (κ3) is 9.23. The maximum atomic E-state index is 11.9. The van der Waals surface area contributed by atoms with Gasteiger partial charge in [-0.2, -0.15) is 0 Å². The smallest absolute Gasteiger partial charge is 0.252 e. The summed E-state index contributed by atoms with van der Waals surface area (Å²) in [5.41, 5.74) is 0.549. The highest BCUT2D eigenvalue weighted by atomic mass is 127. The third-order valence-electron chi connectivity index (χ3n) is 3.48. The van der Waals surface area contributed by atoms with Crippen LogP contribution in [0, 0.1) is 0 Å². The molecular formula is C19H26IN5O2. The summed E-state index contributed by atoms with van der Waals surface area (Å²) in [5.74, 6) is 1.43. The van der Waals surface area contributed by atoms with Gasteiger partial charge in [-0.3, -0.25) is 14.8 Å². The SMILES string of the molecule is CN=C(NCCCOc1ccccc1)NCCNC(=O)c1cccnc1.I. The van der Waals surface area contributed by atoms with Gasteiger partial charge in [0.15, 0.2) is 5.96 Å². The van der Waals surface area contributed by atoms with E-state index in [4.69, 9.17) is 4.74 Å². The number of benzene rings is 1. The van der Waals surface area contributed by atoms with Crippen LogP contribution >= 0.6 is 24.0 Å². The second kappa shape index (κ2) is 13.8. The minimum absolute atomic E-state index is 0. The molecule has 1 amide bonds. The van der Waals surface area contributed by atoms with Crippen molar-refractivity contribution >= 4 is 35.8 Å². The molecule has 0 spiro atoms. The largest absolute Gasteiger partial charge is 0.494 e.